The van der Waals surface area contributed by atoms with E-state index in [1.54, 1.807) is 0 Å². The molecule has 0 saturated carbocycles. The Balaban J connectivity index is 1.73. The Kier molecular flexibility index (Phi) is 3.06. The molecule has 0 spiro atoms. The summed E-state index contributed by atoms with van der Waals surface area (Å²) in [5.74, 6) is 1.82. The van der Waals surface area contributed by atoms with Crippen LogP contribution >= 0.6 is 0 Å². The predicted octanol–water partition coefficient (Wildman–Crippen LogP) is 3.31. The molecule has 3 aromatic rings. The van der Waals surface area contributed by atoms with Crippen LogP contribution in [0.5, 0.6) is 0 Å². The van der Waals surface area contributed by atoms with E-state index in [0.29, 0.717) is 0 Å². The Morgan fingerprint density at radius 3 is 2.95 bits per heavy atom. The first-order valence-corrected chi connectivity index (χ1v) is 7.73. The van der Waals surface area contributed by atoms with Gasteiger partial charge in [-0.1, -0.05) is 6.07 Å². The fraction of sp³-hybridized carbons (Fsp3) is 0.353. The molecule has 0 bridgehead atoms. The maximum Gasteiger partial charge on any atom is 0.226 e. The number of H-pyrrole nitrogens is 1. The predicted molar refractivity (Wildman–Crippen MR) is 86.9 cm³/mol. The lowest BCUT2D eigenvalue weighted by Crippen LogP contribution is -2.25. The second-order valence-electron chi connectivity index (χ2n) is 5.99. The Hall–Kier alpha value is -2.43. The SMILES string of the molecule is Cc1ccc2nc([C@H]3CCCN3c3nccc(C)n3)[nH]c2c1. The van der Waals surface area contributed by atoms with E-state index in [1.807, 2.05) is 19.2 Å². The van der Waals surface area contributed by atoms with Crippen molar-refractivity contribution in [2.75, 3.05) is 11.4 Å². The van der Waals surface area contributed by atoms with Gasteiger partial charge in [0.1, 0.15) is 5.82 Å². The van der Waals surface area contributed by atoms with Crippen LogP contribution < -0.4 is 4.90 Å². The molecule has 0 unspecified atom stereocenters. The normalized spacial score (nSPS) is 18.3. The lowest BCUT2D eigenvalue weighted by atomic mass is 10.2. The van der Waals surface area contributed by atoms with Crippen LogP contribution in [0.3, 0.4) is 0 Å². The second-order valence-corrected chi connectivity index (χ2v) is 5.99. The molecule has 1 aliphatic heterocycles. The number of hydrogen-bond acceptors (Lipinski definition) is 4. The molecule has 0 amide bonds. The molecule has 0 aliphatic carbocycles. The summed E-state index contributed by atoms with van der Waals surface area (Å²) in [5.41, 5.74) is 4.37. The summed E-state index contributed by atoms with van der Waals surface area (Å²) < 4.78 is 0. The van der Waals surface area contributed by atoms with E-state index in [1.165, 1.54) is 5.56 Å². The summed E-state index contributed by atoms with van der Waals surface area (Å²) in [4.78, 5) is 19.5. The quantitative estimate of drug-likeness (QED) is 0.787. The number of benzene rings is 1. The summed E-state index contributed by atoms with van der Waals surface area (Å²) in [7, 11) is 0. The van der Waals surface area contributed by atoms with Crippen molar-refractivity contribution in [2.45, 2.75) is 32.7 Å². The van der Waals surface area contributed by atoms with Crippen molar-refractivity contribution in [1.82, 2.24) is 19.9 Å². The molecule has 4 rings (SSSR count). The maximum absolute atomic E-state index is 4.78. The molecular weight excluding hydrogens is 274 g/mol. The van der Waals surface area contributed by atoms with E-state index < -0.39 is 0 Å². The highest BCUT2D eigenvalue weighted by Gasteiger charge is 2.30. The lowest BCUT2D eigenvalue weighted by Gasteiger charge is -2.23. The number of hydrogen-bond donors (Lipinski definition) is 1. The minimum Gasteiger partial charge on any atom is -0.340 e. The molecule has 22 heavy (non-hydrogen) atoms. The second kappa shape index (κ2) is 5.09. The van der Waals surface area contributed by atoms with Gasteiger partial charge in [0, 0.05) is 18.4 Å². The maximum atomic E-state index is 4.78. The highest BCUT2D eigenvalue weighted by Crippen LogP contribution is 2.33. The summed E-state index contributed by atoms with van der Waals surface area (Å²) in [6.45, 7) is 5.08. The van der Waals surface area contributed by atoms with E-state index in [9.17, 15) is 0 Å². The number of rotatable bonds is 2. The molecule has 1 fully saturated rings. The Bertz CT molecular complexity index is 823. The smallest absolute Gasteiger partial charge is 0.226 e. The van der Waals surface area contributed by atoms with E-state index >= 15 is 0 Å². The van der Waals surface area contributed by atoms with Crippen molar-refractivity contribution in [3.05, 3.63) is 47.5 Å². The highest BCUT2D eigenvalue weighted by molar-refractivity contribution is 5.76. The van der Waals surface area contributed by atoms with Gasteiger partial charge in [0.2, 0.25) is 5.95 Å². The Labute approximate surface area is 129 Å². The molecule has 2 aromatic heterocycles. The molecule has 5 nitrogen and oxygen atoms in total. The van der Waals surface area contributed by atoms with Crippen LogP contribution in [-0.2, 0) is 0 Å². The van der Waals surface area contributed by atoms with Gasteiger partial charge in [-0.2, -0.15) is 0 Å². The van der Waals surface area contributed by atoms with Crippen molar-refractivity contribution >= 4 is 17.0 Å². The molecule has 1 N–H and O–H groups in total. The van der Waals surface area contributed by atoms with Crippen LogP contribution in [0.25, 0.3) is 11.0 Å². The summed E-state index contributed by atoms with van der Waals surface area (Å²) in [5, 5.41) is 0. The van der Waals surface area contributed by atoms with Gasteiger partial charge >= 0.3 is 0 Å². The van der Waals surface area contributed by atoms with Gasteiger partial charge in [0.05, 0.1) is 17.1 Å². The van der Waals surface area contributed by atoms with Crippen molar-refractivity contribution in [3.63, 3.8) is 0 Å². The van der Waals surface area contributed by atoms with E-state index in [4.69, 9.17) is 4.98 Å². The third-order valence-electron chi connectivity index (χ3n) is 4.26. The number of fused-ring (bicyclic) bond motifs is 1. The molecular formula is C17H19N5. The topological polar surface area (TPSA) is 57.7 Å². The van der Waals surface area contributed by atoms with E-state index in [0.717, 1.165) is 47.9 Å². The third-order valence-corrected chi connectivity index (χ3v) is 4.26. The first-order chi connectivity index (χ1) is 10.7. The number of aryl methyl sites for hydroxylation is 2. The molecule has 1 aromatic carbocycles. The van der Waals surface area contributed by atoms with Crippen LogP contribution in [0.1, 0.15) is 36.0 Å². The van der Waals surface area contributed by atoms with Gasteiger partial charge in [-0.05, 0) is 50.5 Å². The van der Waals surface area contributed by atoms with Gasteiger partial charge in [-0.25, -0.2) is 15.0 Å². The van der Waals surface area contributed by atoms with Crippen LogP contribution in [-0.4, -0.2) is 26.5 Å². The van der Waals surface area contributed by atoms with Gasteiger partial charge < -0.3 is 9.88 Å². The minimum absolute atomic E-state index is 0.231. The van der Waals surface area contributed by atoms with Crippen molar-refractivity contribution in [2.24, 2.45) is 0 Å². The van der Waals surface area contributed by atoms with E-state index in [-0.39, 0.29) is 6.04 Å². The highest BCUT2D eigenvalue weighted by atomic mass is 15.3. The number of aromatic nitrogens is 4. The van der Waals surface area contributed by atoms with Crippen LogP contribution in [0, 0.1) is 13.8 Å². The zero-order valence-electron chi connectivity index (χ0n) is 12.9. The van der Waals surface area contributed by atoms with Crippen LogP contribution in [0.2, 0.25) is 0 Å². The van der Waals surface area contributed by atoms with Gasteiger partial charge in [0.15, 0.2) is 0 Å². The first kappa shape index (κ1) is 13.2. The largest absolute Gasteiger partial charge is 0.340 e. The zero-order chi connectivity index (χ0) is 15.1. The summed E-state index contributed by atoms with van der Waals surface area (Å²) in [6.07, 6.45) is 4.04. The third kappa shape index (κ3) is 2.22. The van der Waals surface area contributed by atoms with Crippen molar-refractivity contribution in [3.8, 4) is 0 Å². The fourth-order valence-electron chi connectivity index (χ4n) is 3.17. The number of imidazole rings is 1. The van der Waals surface area contributed by atoms with Crippen LogP contribution in [0.15, 0.2) is 30.5 Å². The molecule has 5 heteroatoms. The average Bonchev–Trinajstić information content (AvgIpc) is 3.12. The Morgan fingerprint density at radius 1 is 1.18 bits per heavy atom. The number of nitrogens with zero attached hydrogens (tertiary/aromatic N) is 4. The van der Waals surface area contributed by atoms with Crippen molar-refractivity contribution in [1.29, 1.82) is 0 Å². The molecule has 1 atom stereocenters. The average molecular weight is 293 g/mol. The lowest BCUT2D eigenvalue weighted by molar-refractivity contribution is 0.664. The zero-order valence-corrected chi connectivity index (χ0v) is 12.9. The monoisotopic (exact) mass is 293 g/mol. The fourth-order valence-corrected chi connectivity index (χ4v) is 3.17. The number of nitrogens with one attached hydrogen (secondary N) is 1. The van der Waals surface area contributed by atoms with Crippen LogP contribution in [0.4, 0.5) is 5.95 Å². The minimum atomic E-state index is 0.231. The molecule has 1 aliphatic rings. The summed E-state index contributed by atoms with van der Waals surface area (Å²) >= 11 is 0. The molecule has 112 valence electrons. The van der Waals surface area contributed by atoms with E-state index in [2.05, 4.69) is 45.0 Å². The first-order valence-electron chi connectivity index (χ1n) is 7.73. The Morgan fingerprint density at radius 2 is 2.09 bits per heavy atom. The van der Waals surface area contributed by atoms with Gasteiger partial charge in [-0.3, -0.25) is 0 Å². The van der Waals surface area contributed by atoms with Gasteiger partial charge in [0.25, 0.3) is 0 Å². The van der Waals surface area contributed by atoms with Gasteiger partial charge in [-0.15, -0.1) is 0 Å². The molecule has 3 heterocycles. The standard InChI is InChI=1S/C17H19N5/c1-11-5-6-13-14(10-11)21-16(20-13)15-4-3-9-22(15)17-18-8-7-12(2)19-17/h5-8,10,15H,3-4,9H2,1-2H3,(H,20,21)/t15-/m1/s1. The number of aromatic amines is 1. The molecule has 1 saturated heterocycles. The number of anilines is 1. The van der Waals surface area contributed by atoms with Crippen molar-refractivity contribution < 1.29 is 0 Å². The molecule has 0 radical (unpaired) electrons. The summed E-state index contributed by atoms with van der Waals surface area (Å²) in [6, 6.07) is 8.48.